The van der Waals surface area contributed by atoms with Crippen molar-refractivity contribution in [2.45, 2.75) is 6.04 Å². The molecule has 2 aromatic rings. The Morgan fingerprint density at radius 3 is 2.38 bits per heavy atom. The van der Waals surface area contributed by atoms with E-state index in [-0.39, 0.29) is 0 Å². The van der Waals surface area contributed by atoms with Gasteiger partial charge in [-0.1, -0.05) is 30.3 Å². The van der Waals surface area contributed by atoms with Gasteiger partial charge in [0.05, 0.1) is 13.2 Å². The number of hydrogen-bond acceptors (Lipinski definition) is 3. The molecule has 0 fully saturated rings. The Kier molecular flexibility index (Phi) is 4.78. The van der Waals surface area contributed by atoms with Crippen molar-refractivity contribution in [2.24, 2.45) is 0 Å². The molecule has 0 aliphatic carbocycles. The zero-order valence-corrected chi connectivity index (χ0v) is 11.5. The zero-order chi connectivity index (χ0) is 15.1. The first-order valence-electron chi connectivity index (χ1n) is 6.39. The maximum atomic E-state index is 11.9. The van der Waals surface area contributed by atoms with Gasteiger partial charge < -0.3 is 15.4 Å². The Balaban J connectivity index is 1.98. The molecule has 2 amide bonds. The minimum absolute atomic E-state index is 0.435. The highest BCUT2D eigenvalue weighted by Gasteiger charge is 2.13. The van der Waals surface area contributed by atoms with Gasteiger partial charge in [0, 0.05) is 5.69 Å². The highest BCUT2D eigenvalue weighted by Crippen LogP contribution is 2.16. The topological polar surface area (TPSA) is 74.2 Å². The second kappa shape index (κ2) is 6.96. The van der Waals surface area contributed by atoms with E-state index >= 15 is 0 Å². The van der Waals surface area contributed by atoms with Crippen LogP contribution in [0.2, 0.25) is 0 Å². The molecule has 0 aliphatic heterocycles. The van der Waals surface area contributed by atoms with Gasteiger partial charge >= 0.3 is 6.03 Å². The van der Waals surface area contributed by atoms with E-state index in [0.29, 0.717) is 11.4 Å². The molecule has 2 N–H and O–H groups in total. The van der Waals surface area contributed by atoms with E-state index in [1.54, 1.807) is 43.5 Å². The summed E-state index contributed by atoms with van der Waals surface area (Å²) in [5.74, 6) is 0.708. The Morgan fingerprint density at radius 2 is 1.81 bits per heavy atom. The van der Waals surface area contributed by atoms with Gasteiger partial charge in [-0.3, -0.25) is 0 Å². The Labute approximate surface area is 123 Å². The predicted octanol–water partition coefficient (Wildman–Crippen LogP) is 3.08. The van der Waals surface area contributed by atoms with E-state index in [1.165, 1.54) is 0 Å². The largest absolute Gasteiger partial charge is 0.497 e. The third kappa shape index (κ3) is 3.98. The van der Waals surface area contributed by atoms with Crippen LogP contribution in [0.1, 0.15) is 11.6 Å². The number of amides is 2. The minimum Gasteiger partial charge on any atom is -0.497 e. The molecule has 5 heteroatoms. The van der Waals surface area contributed by atoms with Crippen LogP contribution >= 0.6 is 0 Å². The molecule has 0 saturated heterocycles. The monoisotopic (exact) mass is 281 g/mol. The van der Waals surface area contributed by atoms with Gasteiger partial charge in [-0.25, -0.2) is 4.79 Å². The lowest BCUT2D eigenvalue weighted by molar-refractivity contribution is 0.250. The van der Waals surface area contributed by atoms with Crippen molar-refractivity contribution < 1.29 is 9.53 Å². The van der Waals surface area contributed by atoms with Crippen LogP contribution in [-0.2, 0) is 0 Å². The number of ether oxygens (including phenoxy) is 1. The van der Waals surface area contributed by atoms with Crippen LogP contribution in [0.3, 0.4) is 0 Å². The maximum Gasteiger partial charge on any atom is 0.320 e. The second-order valence-electron chi connectivity index (χ2n) is 4.30. The smallest absolute Gasteiger partial charge is 0.320 e. The fourth-order valence-corrected chi connectivity index (χ4v) is 1.81. The van der Waals surface area contributed by atoms with Crippen molar-refractivity contribution >= 4 is 11.7 Å². The summed E-state index contributed by atoms with van der Waals surface area (Å²) in [6.07, 6.45) is 0. The van der Waals surface area contributed by atoms with Crippen molar-refractivity contribution in [3.05, 3.63) is 60.2 Å². The molecule has 0 radical (unpaired) electrons. The van der Waals surface area contributed by atoms with E-state index in [2.05, 4.69) is 16.7 Å². The van der Waals surface area contributed by atoms with E-state index in [9.17, 15) is 4.79 Å². The third-order valence-electron chi connectivity index (χ3n) is 2.89. The molecular formula is C16H15N3O2. The highest BCUT2D eigenvalue weighted by atomic mass is 16.5. The molecule has 0 saturated carbocycles. The molecule has 5 nitrogen and oxygen atoms in total. The molecule has 0 aliphatic rings. The van der Waals surface area contributed by atoms with Gasteiger partial charge in [-0.2, -0.15) is 5.26 Å². The van der Waals surface area contributed by atoms with Crippen LogP contribution in [0.15, 0.2) is 54.6 Å². The minimum atomic E-state index is -0.690. The summed E-state index contributed by atoms with van der Waals surface area (Å²) in [7, 11) is 1.58. The van der Waals surface area contributed by atoms with Crippen molar-refractivity contribution in [2.75, 3.05) is 12.4 Å². The molecule has 0 heterocycles. The van der Waals surface area contributed by atoms with Gasteiger partial charge in [-0.05, 0) is 29.8 Å². The average molecular weight is 281 g/mol. The lowest BCUT2D eigenvalue weighted by atomic mass is 10.1. The summed E-state index contributed by atoms with van der Waals surface area (Å²) < 4.78 is 5.04. The van der Waals surface area contributed by atoms with Crippen molar-refractivity contribution in [3.63, 3.8) is 0 Å². The normalized spacial score (nSPS) is 11.0. The van der Waals surface area contributed by atoms with Crippen LogP contribution in [0.5, 0.6) is 5.75 Å². The molecule has 0 spiro atoms. The number of anilines is 1. The van der Waals surface area contributed by atoms with Crippen molar-refractivity contribution in [1.82, 2.24) is 5.32 Å². The zero-order valence-electron chi connectivity index (χ0n) is 11.5. The summed E-state index contributed by atoms with van der Waals surface area (Å²) >= 11 is 0. The number of carbonyl (C=O) groups is 1. The summed E-state index contributed by atoms with van der Waals surface area (Å²) in [6, 6.07) is 17.0. The van der Waals surface area contributed by atoms with Gasteiger partial charge in [0.25, 0.3) is 0 Å². The Morgan fingerprint density at radius 1 is 1.14 bits per heavy atom. The Bertz CT molecular complexity index is 633. The molecule has 2 aromatic carbocycles. The van der Waals surface area contributed by atoms with E-state index < -0.39 is 12.1 Å². The van der Waals surface area contributed by atoms with Gasteiger partial charge in [0.1, 0.15) is 11.8 Å². The maximum absolute atomic E-state index is 11.9. The fourth-order valence-electron chi connectivity index (χ4n) is 1.81. The SMILES string of the molecule is COc1ccc(NC(=O)NC(C#N)c2ccccc2)cc1. The average Bonchev–Trinajstić information content (AvgIpc) is 2.54. The standard InChI is InChI=1S/C16H15N3O2/c1-21-14-9-7-13(8-10-14)18-16(20)19-15(11-17)12-5-3-2-4-6-12/h2-10,15H,1H3,(H2,18,19,20). The van der Waals surface area contributed by atoms with Crippen LogP contribution in [0.25, 0.3) is 0 Å². The number of nitrogens with one attached hydrogen (secondary N) is 2. The predicted molar refractivity (Wildman–Crippen MR) is 79.9 cm³/mol. The summed E-state index contributed by atoms with van der Waals surface area (Å²) in [5.41, 5.74) is 1.36. The number of nitriles is 1. The molecule has 1 atom stereocenters. The number of urea groups is 1. The van der Waals surface area contributed by atoms with E-state index in [0.717, 1.165) is 5.56 Å². The highest BCUT2D eigenvalue weighted by molar-refractivity contribution is 5.89. The first-order valence-corrected chi connectivity index (χ1v) is 6.39. The summed E-state index contributed by atoms with van der Waals surface area (Å²) in [5, 5.41) is 14.4. The third-order valence-corrected chi connectivity index (χ3v) is 2.89. The van der Waals surface area contributed by atoms with Crippen molar-refractivity contribution in [3.8, 4) is 11.8 Å². The second-order valence-corrected chi connectivity index (χ2v) is 4.30. The first kappa shape index (κ1) is 14.4. The number of hydrogen-bond donors (Lipinski definition) is 2. The molecule has 2 rings (SSSR count). The number of rotatable bonds is 4. The van der Waals surface area contributed by atoms with Crippen LogP contribution in [0, 0.1) is 11.3 Å². The molecule has 0 bridgehead atoms. The fraction of sp³-hybridized carbons (Fsp3) is 0.125. The number of methoxy groups -OCH3 is 1. The molecule has 1 unspecified atom stereocenters. The lowest BCUT2D eigenvalue weighted by Crippen LogP contribution is -2.31. The first-order chi connectivity index (χ1) is 10.2. The number of carbonyl (C=O) groups excluding carboxylic acids is 1. The summed E-state index contributed by atoms with van der Waals surface area (Å²) in [4.78, 5) is 11.9. The Hall–Kier alpha value is -3.00. The van der Waals surface area contributed by atoms with Gasteiger partial charge in [0.15, 0.2) is 0 Å². The lowest BCUT2D eigenvalue weighted by Gasteiger charge is -2.13. The van der Waals surface area contributed by atoms with Crippen LogP contribution < -0.4 is 15.4 Å². The van der Waals surface area contributed by atoms with Gasteiger partial charge in [0.2, 0.25) is 0 Å². The van der Waals surface area contributed by atoms with Crippen LogP contribution in [0.4, 0.5) is 10.5 Å². The van der Waals surface area contributed by atoms with E-state index in [1.807, 2.05) is 18.2 Å². The number of nitrogens with zero attached hydrogens (tertiary/aromatic N) is 1. The molecule has 106 valence electrons. The summed E-state index contributed by atoms with van der Waals surface area (Å²) in [6.45, 7) is 0. The van der Waals surface area contributed by atoms with Crippen LogP contribution in [-0.4, -0.2) is 13.1 Å². The van der Waals surface area contributed by atoms with Gasteiger partial charge in [-0.15, -0.1) is 0 Å². The number of benzene rings is 2. The molecule has 21 heavy (non-hydrogen) atoms. The van der Waals surface area contributed by atoms with E-state index in [4.69, 9.17) is 10.00 Å². The molecular weight excluding hydrogens is 266 g/mol. The van der Waals surface area contributed by atoms with Crippen molar-refractivity contribution in [1.29, 1.82) is 5.26 Å². The molecule has 0 aromatic heterocycles. The quantitative estimate of drug-likeness (QED) is 0.904.